The van der Waals surface area contributed by atoms with E-state index in [1.54, 1.807) is 5.32 Å². The normalized spacial score (nSPS) is 11.1. The Hall–Kier alpha value is -1.11. The van der Waals surface area contributed by atoms with Gasteiger partial charge in [0.25, 0.3) is 0 Å². The third kappa shape index (κ3) is 2.69. The zero-order valence-corrected chi connectivity index (χ0v) is 8.19. The minimum atomic E-state index is -4.91. The molecule has 0 unspecified atom stereocenters. The van der Waals surface area contributed by atoms with Crippen molar-refractivity contribution in [3.63, 3.8) is 0 Å². The van der Waals surface area contributed by atoms with Gasteiger partial charge >= 0.3 is 12.1 Å². The Bertz CT molecular complexity index is 353. The van der Waals surface area contributed by atoms with Gasteiger partial charge in [-0.15, -0.1) is 0 Å². The van der Waals surface area contributed by atoms with Crippen molar-refractivity contribution in [2.24, 2.45) is 0 Å². The third-order valence-electron chi connectivity index (χ3n) is 1.25. The van der Waals surface area contributed by atoms with Crippen molar-refractivity contribution in [2.45, 2.75) is 6.18 Å². The number of pyridine rings is 1. The first kappa shape index (κ1) is 11.0. The number of amides is 1. The molecule has 0 radical (unpaired) electrons. The highest BCUT2D eigenvalue weighted by Crippen LogP contribution is 2.22. The van der Waals surface area contributed by atoms with E-state index < -0.39 is 12.1 Å². The molecule has 1 N–H and O–H groups in total. The van der Waals surface area contributed by atoms with Gasteiger partial charge in [0.15, 0.2) is 0 Å². The summed E-state index contributed by atoms with van der Waals surface area (Å²) in [5.41, 5.74) is 0. The van der Waals surface area contributed by atoms with Crippen LogP contribution < -0.4 is 5.32 Å². The van der Waals surface area contributed by atoms with Gasteiger partial charge in [-0.05, 0) is 28.1 Å². The van der Waals surface area contributed by atoms with Crippen molar-refractivity contribution in [2.75, 3.05) is 5.32 Å². The summed E-state index contributed by atoms with van der Waals surface area (Å²) in [5, 5.41) is 1.63. The fraction of sp³-hybridized carbons (Fsp3) is 0.143. The molecular formula is C7H4BrF3N2O. The molecule has 0 bridgehead atoms. The number of aromatic nitrogens is 1. The molecule has 0 spiro atoms. The van der Waals surface area contributed by atoms with Crippen molar-refractivity contribution >= 4 is 27.7 Å². The van der Waals surface area contributed by atoms with Crippen LogP contribution in [0, 0.1) is 0 Å². The number of halogens is 4. The van der Waals surface area contributed by atoms with E-state index in [4.69, 9.17) is 0 Å². The first-order valence-corrected chi connectivity index (χ1v) is 4.19. The third-order valence-corrected chi connectivity index (χ3v) is 1.89. The molecule has 0 atom stereocenters. The highest BCUT2D eigenvalue weighted by Gasteiger charge is 2.39. The average molecular weight is 269 g/mol. The second-order valence-corrected chi connectivity index (χ2v) is 3.14. The Balaban J connectivity index is 2.80. The number of rotatable bonds is 1. The Labute approximate surface area is 85.5 Å². The monoisotopic (exact) mass is 268 g/mol. The van der Waals surface area contributed by atoms with Gasteiger partial charge in [0.05, 0.1) is 4.47 Å². The summed E-state index contributed by atoms with van der Waals surface area (Å²) in [4.78, 5) is 14.0. The van der Waals surface area contributed by atoms with E-state index in [2.05, 4.69) is 20.9 Å². The van der Waals surface area contributed by atoms with Crippen LogP contribution in [0.15, 0.2) is 22.8 Å². The highest BCUT2D eigenvalue weighted by molar-refractivity contribution is 9.10. The molecule has 1 aromatic rings. The maximum atomic E-state index is 11.8. The van der Waals surface area contributed by atoms with E-state index in [1.165, 1.54) is 18.3 Å². The fourth-order valence-electron chi connectivity index (χ4n) is 0.656. The lowest BCUT2D eigenvalue weighted by Gasteiger charge is -2.07. The number of nitrogens with zero attached hydrogens (tertiary/aromatic N) is 1. The van der Waals surface area contributed by atoms with Crippen LogP contribution in [0.4, 0.5) is 19.0 Å². The first-order valence-electron chi connectivity index (χ1n) is 3.40. The minimum absolute atomic E-state index is 0.158. The summed E-state index contributed by atoms with van der Waals surface area (Å²) < 4.78 is 35.7. The number of nitrogens with one attached hydrogen (secondary N) is 1. The molecule has 14 heavy (non-hydrogen) atoms. The average Bonchev–Trinajstić information content (AvgIpc) is 2.07. The number of carbonyl (C=O) groups is 1. The molecule has 0 saturated carbocycles. The van der Waals surface area contributed by atoms with Gasteiger partial charge in [-0.3, -0.25) is 4.79 Å². The maximum Gasteiger partial charge on any atom is 0.471 e. The topological polar surface area (TPSA) is 42.0 Å². The van der Waals surface area contributed by atoms with Crippen LogP contribution in [-0.4, -0.2) is 17.1 Å². The van der Waals surface area contributed by atoms with Gasteiger partial charge in [0, 0.05) is 6.20 Å². The maximum absolute atomic E-state index is 11.8. The van der Waals surface area contributed by atoms with E-state index in [1.807, 2.05) is 0 Å². The summed E-state index contributed by atoms with van der Waals surface area (Å²) in [7, 11) is 0. The summed E-state index contributed by atoms with van der Waals surface area (Å²) in [6.45, 7) is 0. The summed E-state index contributed by atoms with van der Waals surface area (Å²) >= 11 is 2.95. The molecule has 1 aromatic heterocycles. The molecule has 7 heteroatoms. The fourth-order valence-corrected chi connectivity index (χ4v) is 1.01. The molecule has 0 aromatic carbocycles. The van der Waals surface area contributed by atoms with Crippen LogP contribution in [0.5, 0.6) is 0 Å². The molecule has 1 amide bonds. The standard InChI is InChI=1S/C7H4BrF3N2O/c8-4-2-1-3-12-5(4)13-6(14)7(9,10)11/h1-3H,(H,12,13,14). The van der Waals surface area contributed by atoms with Gasteiger partial charge in [0.1, 0.15) is 5.82 Å². The van der Waals surface area contributed by atoms with E-state index in [0.29, 0.717) is 0 Å². The lowest BCUT2D eigenvalue weighted by Crippen LogP contribution is -2.30. The van der Waals surface area contributed by atoms with Crippen molar-refractivity contribution in [3.05, 3.63) is 22.8 Å². The van der Waals surface area contributed by atoms with Crippen LogP contribution in [0.25, 0.3) is 0 Å². The van der Waals surface area contributed by atoms with Crippen LogP contribution in [0.2, 0.25) is 0 Å². The quantitative estimate of drug-likeness (QED) is 0.850. The van der Waals surface area contributed by atoms with E-state index in [0.717, 1.165) is 0 Å². The van der Waals surface area contributed by atoms with Crippen LogP contribution >= 0.6 is 15.9 Å². The van der Waals surface area contributed by atoms with Crippen molar-refractivity contribution < 1.29 is 18.0 Å². The molecular weight excluding hydrogens is 265 g/mol. The first-order chi connectivity index (χ1) is 6.41. The molecule has 1 heterocycles. The number of anilines is 1. The number of hydrogen-bond acceptors (Lipinski definition) is 2. The summed E-state index contributed by atoms with van der Waals surface area (Å²) in [6, 6.07) is 2.99. The zero-order valence-electron chi connectivity index (χ0n) is 6.60. The number of alkyl halides is 3. The largest absolute Gasteiger partial charge is 0.471 e. The Morgan fingerprint density at radius 1 is 1.50 bits per heavy atom. The summed E-state index contributed by atoms with van der Waals surface area (Å²) in [5.74, 6) is -2.20. The number of hydrogen-bond donors (Lipinski definition) is 1. The molecule has 0 aliphatic rings. The molecule has 0 saturated heterocycles. The van der Waals surface area contributed by atoms with Crippen molar-refractivity contribution in [1.29, 1.82) is 0 Å². The minimum Gasteiger partial charge on any atom is -0.302 e. The molecule has 0 aliphatic carbocycles. The smallest absolute Gasteiger partial charge is 0.302 e. The SMILES string of the molecule is O=C(Nc1ncccc1Br)C(F)(F)F. The predicted octanol–water partition coefficient (Wildman–Crippen LogP) is 2.34. The molecule has 0 fully saturated rings. The van der Waals surface area contributed by atoms with E-state index >= 15 is 0 Å². The van der Waals surface area contributed by atoms with Gasteiger partial charge in [0.2, 0.25) is 0 Å². The molecule has 1 rings (SSSR count). The Morgan fingerprint density at radius 3 is 2.64 bits per heavy atom. The predicted molar refractivity (Wildman–Crippen MR) is 46.6 cm³/mol. The van der Waals surface area contributed by atoms with Crippen LogP contribution in [-0.2, 0) is 4.79 Å². The molecule has 0 aliphatic heterocycles. The zero-order chi connectivity index (χ0) is 10.8. The van der Waals surface area contributed by atoms with Gasteiger partial charge in [-0.2, -0.15) is 13.2 Å². The van der Waals surface area contributed by atoms with Crippen molar-refractivity contribution in [1.82, 2.24) is 4.98 Å². The Kier molecular flexibility index (Phi) is 3.10. The summed E-state index contributed by atoms with van der Waals surface area (Å²) in [6.07, 6.45) is -3.63. The van der Waals surface area contributed by atoms with E-state index in [-0.39, 0.29) is 10.3 Å². The van der Waals surface area contributed by atoms with Crippen LogP contribution in [0.3, 0.4) is 0 Å². The lowest BCUT2D eigenvalue weighted by atomic mass is 10.4. The molecule has 76 valence electrons. The lowest BCUT2D eigenvalue weighted by molar-refractivity contribution is -0.167. The second kappa shape index (κ2) is 3.95. The highest BCUT2D eigenvalue weighted by atomic mass is 79.9. The van der Waals surface area contributed by atoms with E-state index in [9.17, 15) is 18.0 Å². The van der Waals surface area contributed by atoms with Gasteiger partial charge < -0.3 is 5.32 Å². The van der Waals surface area contributed by atoms with Crippen molar-refractivity contribution in [3.8, 4) is 0 Å². The molecule has 3 nitrogen and oxygen atoms in total. The van der Waals surface area contributed by atoms with Gasteiger partial charge in [-0.25, -0.2) is 4.98 Å². The number of carbonyl (C=O) groups excluding carboxylic acids is 1. The second-order valence-electron chi connectivity index (χ2n) is 2.29. The Morgan fingerprint density at radius 2 is 2.14 bits per heavy atom. The van der Waals surface area contributed by atoms with Crippen LogP contribution in [0.1, 0.15) is 0 Å². The van der Waals surface area contributed by atoms with Gasteiger partial charge in [-0.1, -0.05) is 0 Å².